The molecule has 0 aliphatic carbocycles. The van der Waals surface area contributed by atoms with Crippen LogP contribution in [0, 0.1) is 0 Å². The van der Waals surface area contributed by atoms with Crippen LogP contribution < -0.4 is 14.8 Å². The van der Waals surface area contributed by atoms with Crippen LogP contribution in [0.15, 0.2) is 48.5 Å². The molecule has 1 aliphatic heterocycles. The van der Waals surface area contributed by atoms with E-state index in [0.29, 0.717) is 6.04 Å². The summed E-state index contributed by atoms with van der Waals surface area (Å²) < 4.78 is 10.8. The fourth-order valence-electron chi connectivity index (χ4n) is 4.10. The van der Waals surface area contributed by atoms with Crippen molar-refractivity contribution in [3.63, 3.8) is 0 Å². The average Bonchev–Trinajstić information content (AvgIpc) is 2.81. The monoisotopic (exact) mass is 441 g/mol. The van der Waals surface area contributed by atoms with E-state index in [1.807, 2.05) is 6.07 Å². The number of hydrogen-bond acceptors (Lipinski definition) is 4. The summed E-state index contributed by atoms with van der Waals surface area (Å²) in [6.07, 6.45) is 4.16. The summed E-state index contributed by atoms with van der Waals surface area (Å²) in [6, 6.07) is 17.2. The molecule has 0 unspecified atom stereocenters. The Bertz CT molecular complexity index is 823. The second-order valence-corrected chi connectivity index (χ2v) is 8.52. The molecule has 0 saturated carbocycles. The summed E-state index contributed by atoms with van der Waals surface area (Å²) >= 11 is 5.86. The molecule has 1 fully saturated rings. The first-order valence-electron chi connectivity index (χ1n) is 11.1. The lowest BCUT2D eigenvalue weighted by atomic mass is 10.0. The molecule has 0 spiro atoms. The molecule has 0 aromatic heterocycles. The summed E-state index contributed by atoms with van der Waals surface area (Å²) in [5, 5.41) is 4.38. The van der Waals surface area contributed by atoms with Gasteiger partial charge in [-0.1, -0.05) is 36.4 Å². The minimum Gasteiger partial charge on any atom is -0.493 e. The number of nitrogens with zero attached hydrogens (tertiary/aromatic N) is 2. The fraction of sp³-hybridized carbons (Fsp3) is 0.480. The van der Waals surface area contributed by atoms with E-state index in [2.05, 4.69) is 64.6 Å². The van der Waals surface area contributed by atoms with Crippen LogP contribution in [0.3, 0.4) is 0 Å². The van der Waals surface area contributed by atoms with E-state index in [1.165, 1.54) is 11.1 Å². The van der Waals surface area contributed by atoms with Gasteiger partial charge in [0.05, 0.1) is 14.2 Å². The van der Waals surface area contributed by atoms with Gasteiger partial charge in [0, 0.05) is 19.1 Å². The smallest absolute Gasteiger partial charge is 0.169 e. The third kappa shape index (κ3) is 6.84. The van der Waals surface area contributed by atoms with Gasteiger partial charge < -0.3 is 24.6 Å². The largest absolute Gasteiger partial charge is 0.493 e. The van der Waals surface area contributed by atoms with Crippen LogP contribution in [0.25, 0.3) is 0 Å². The Labute approximate surface area is 192 Å². The van der Waals surface area contributed by atoms with Gasteiger partial charge in [0.15, 0.2) is 16.6 Å². The van der Waals surface area contributed by atoms with Gasteiger partial charge in [-0.05, 0) is 81.3 Å². The van der Waals surface area contributed by atoms with Gasteiger partial charge in [-0.25, -0.2) is 0 Å². The molecule has 6 heteroatoms. The highest BCUT2D eigenvalue weighted by atomic mass is 32.1. The Morgan fingerprint density at radius 1 is 1.00 bits per heavy atom. The van der Waals surface area contributed by atoms with Gasteiger partial charge in [0.25, 0.3) is 0 Å². The molecule has 1 aliphatic rings. The van der Waals surface area contributed by atoms with Gasteiger partial charge in [-0.3, -0.25) is 0 Å². The summed E-state index contributed by atoms with van der Waals surface area (Å²) in [5.74, 6) is 1.53. The van der Waals surface area contributed by atoms with Crippen LogP contribution in [0.2, 0.25) is 0 Å². The van der Waals surface area contributed by atoms with Crippen molar-refractivity contribution >= 4 is 17.3 Å². The number of hydrogen-bond donors (Lipinski definition) is 1. The van der Waals surface area contributed by atoms with Crippen LogP contribution in [0.5, 0.6) is 11.5 Å². The van der Waals surface area contributed by atoms with E-state index in [1.54, 1.807) is 14.2 Å². The highest BCUT2D eigenvalue weighted by molar-refractivity contribution is 7.80. The lowest BCUT2D eigenvalue weighted by Crippen LogP contribution is -2.51. The predicted octanol–water partition coefficient (Wildman–Crippen LogP) is 3.76. The number of methoxy groups -OCH3 is 2. The number of nitrogens with one attached hydrogen (secondary N) is 1. The van der Waals surface area contributed by atoms with E-state index in [9.17, 15) is 0 Å². The topological polar surface area (TPSA) is 37.0 Å². The zero-order chi connectivity index (χ0) is 22.1. The molecule has 3 rings (SSSR count). The normalized spacial score (nSPS) is 14.8. The molecule has 2 aromatic rings. The Balaban J connectivity index is 1.62. The quantitative estimate of drug-likeness (QED) is 0.597. The molecule has 1 heterocycles. The van der Waals surface area contributed by atoms with Crippen LogP contribution in [-0.4, -0.2) is 68.4 Å². The molecule has 0 atom stereocenters. The molecule has 31 heavy (non-hydrogen) atoms. The number of ether oxygens (including phenoxy) is 2. The molecule has 0 amide bonds. The van der Waals surface area contributed by atoms with E-state index in [0.717, 1.165) is 68.5 Å². The van der Waals surface area contributed by atoms with Gasteiger partial charge in [0.1, 0.15) is 0 Å². The highest BCUT2D eigenvalue weighted by Gasteiger charge is 2.25. The number of thiocarbonyl (C=S) groups is 1. The molecule has 2 aromatic carbocycles. The van der Waals surface area contributed by atoms with E-state index in [-0.39, 0.29) is 0 Å². The summed E-state index contributed by atoms with van der Waals surface area (Å²) in [7, 11) is 5.54. The van der Waals surface area contributed by atoms with Crippen molar-refractivity contribution in [2.24, 2.45) is 0 Å². The second kappa shape index (κ2) is 11.9. The Kier molecular flexibility index (Phi) is 8.98. The lowest BCUT2D eigenvalue weighted by molar-refractivity contribution is 0.175. The number of likely N-dealkylation sites (tertiary alicyclic amines) is 1. The van der Waals surface area contributed by atoms with Crippen molar-refractivity contribution in [2.45, 2.75) is 31.7 Å². The average molecular weight is 442 g/mol. The maximum Gasteiger partial charge on any atom is 0.169 e. The van der Waals surface area contributed by atoms with Crippen molar-refractivity contribution in [1.82, 2.24) is 15.1 Å². The molecule has 1 saturated heterocycles. The molecule has 168 valence electrons. The molecule has 0 bridgehead atoms. The third-order valence-corrected chi connectivity index (χ3v) is 6.39. The van der Waals surface area contributed by atoms with E-state index >= 15 is 0 Å². The summed E-state index contributed by atoms with van der Waals surface area (Å²) in [6.45, 7) is 3.97. The van der Waals surface area contributed by atoms with E-state index in [4.69, 9.17) is 21.7 Å². The van der Waals surface area contributed by atoms with Gasteiger partial charge in [-0.2, -0.15) is 0 Å². The molecule has 0 radical (unpaired) electrons. The minimum absolute atomic E-state index is 0.480. The number of rotatable bonds is 9. The molecule has 1 N–H and O–H groups in total. The van der Waals surface area contributed by atoms with E-state index < -0.39 is 0 Å². The summed E-state index contributed by atoms with van der Waals surface area (Å²) in [5.41, 5.74) is 2.55. The fourth-order valence-corrected chi connectivity index (χ4v) is 4.44. The van der Waals surface area contributed by atoms with Crippen molar-refractivity contribution in [1.29, 1.82) is 0 Å². The van der Waals surface area contributed by atoms with Crippen LogP contribution in [0.4, 0.5) is 0 Å². The van der Waals surface area contributed by atoms with Crippen molar-refractivity contribution in [3.05, 3.63) is 59.7 Å². The van der Waals surface area contributed by atoms with Crippen LogP contribution >= 0.6 is 12.2 Å². The lowest BCUT2D eigenvalue weighted by Gasteiger charge is -2.39. The Morgan fingerprint density at radius 3 is 2.39 bits per heavy atom. The Hall–Kier alpha value is -2.31. The molecule has 5 nitrogen and oxygen atoms in total. The highest BCUT2D eigenvalue weighted by Crippen LogP contribution is 2.28. The minimum atomic E-state index is 0.480. The zero-order valence-electron chi connectivity index (χ0n) is 19.0. The van der Waals surface area contributed by atoms with Crippen LogP contribution in [-0.2, 0) is 12.8 Å². The van der Waals surface area contributed by atoms with Crippen molar-refractivity contribution in [2.75, 3.05) is 47.4 Å². The standard InChI is InChI=1S/C25H35N3O2S/c1-27-16-13-22(14-17-27)28(25(31)26-15-11-20-7-5-4-6-8-20)18-12-21-9-10-23(29-2)24(19-21)30-3/h4-10,19,22H,11-18H2,1-3H3,(H,26,31). The van der Waals surface area contributed by atoms with Crippen molar-refractivity contribution in [3.8, 4) is 11.5 Å². The Morgan fingerprint density at radius 2 is 1.71 bits per heavy atom. The number of benzene rings is 2. The maximum atomic E-state index is 5.86. The maximum absolute atomic E-state index is 5.86. The molecular weight excluding hydrogens is 406 g/mol. The van der Waals surface area contributed by atoms with Gasteiger partial charge >= 0.3 is 0 Å². The third-order valence-electron chi connectivity index (χ3n) is 6.01. The SMILES string of the molecule is COc1ccc(CCN(C(=S)NCCc2ccccc2)C2CCN(C)CC2)cc1OC. The van der Waals surface area contributed by atoms with Gasteiger partial charge in [-0.15, -0.1) is 0 Å². The second-order valence-electron chi connectivity index (χ2n) is 8.13. The number of piperidine rings is 1. The first-order valence-corrected chi connectivity index (χ1v) is 11.5. The zero-order valence-corrected chi connectivity index (χ0v) is 19.8. The first-order chi connectivity index (χ1) is 15.1. The summed E-state index contributed by atoms with van der Waals surface area (Å²) in [4.78, 5) is 4.80. The van der Waals surface area contributed by atoms with Gasteiger partial charge in [0.2, 0.25) is 0 Å². The van der Waals surface area contributed by atoms with Crippen LogP contribution in [0.1, 0.15) is 24.0 Å². The molecular formula is C25H35N3O2S. The first kappa shape index (κ1) is 23.4. The van der Waals surface area contributed by atoms with Crippen molar-refractivity contribution < 1.29 is 9.47 Å². The predicted molar refractivity (Wildman–Crippen MR) is 131 cm³/mol.